The maximum Gasteiger partial charge on any atom is 0.246 e. The molecule has 3 rings (SSSR count). The fraction of sp³-hybridized carbons (Fsp3) is 0.556. The van der Waals surface area contributed by atoms with Gasteiger partial charge in [0.2, 0.25) is 5.91 Å². The van der Waals surface area contributed by atoms with E-state index in [1.54, 1.807) is 15.8 Å². The molecular formula is C18H28N8O. The topological polar surface area (TPSA) is 83.6 Å². The average molecular weight is 372 g/mol. The lowest BCUT2D eigenvalue weighted by atomic mass is 10.2. The summed E-state index contributed by atoms with van der Waals surface area (Å²) in [6.45, 7) is 9.01. The van der Waals surface area contributed by atoms with Crippen LogP contribution in [0.15, 0.2) is 17.4 Å². The maximum atomic E-state index is 12.7. The molecule has 27 heavy (non-hydrogen) atoms. The van der Waals surface area contributed by atoms with E-state index in [0.717, 1.165) is 41.7 Å². The van der Waals surface area contributed by atoms with Crippen molar-refractivity contribution in [3.63, 3.8) is 0 Å². The Labute approximate surface area is 159 Å². The molecule has 2 aromatic heterocycles. The molecule has 2 aromatic rings. The Morgan fingerprint density at radius 2 is 2.07 bits per heavy atom. The highest BCUT2D eigenvalue weighted by atomic mass is 16.2. The van der Waals surface area contributed by atoms with Gasteiger partial charge >= 0.3 is 0 Å². The normalized spacial score (nSPS) is 15.6. The zero-order valence-electron chi connectivity index (χ0n) is 16.7. The molecule has 0 unspecified atom stereocenters. The Morgan fingerprint density at radius 1 is 1.30 bits per heavy atom. The van der Waals surface area contributed by atoms with Crippen molar-refractivity contribution in [1.29, 1.82) is 0 Å². The van der Waals surface area contributed by atoms with E-state index in [9.17, 15) is 4.79 Å². The maximum absolute atomic E-state index is 12.7. The van der Waals surface area contributed by atoms with Gasteiger partial charge in [-0.1, -0.05) is 0 Å². The molecule has 0 radical (unpaired) electrons. The van der Waals surface area contributed by atoms with Gasteiger partial charge in [-0.25, -0.2) is 4.99 Å². The van der Waals surface area contributed by atoms with Gasteiger partial charge in [0.25, 0.3) is 0 Å². The zero-order valence-corrected chi connectivity index (χ0v) is 16.7. The van der Waals surface area contributed by atoms with Gasteiger partial charge in [0.1, 0.15) is 6.54 Å². The van der Waals surface area contributed by atoms with Crippen LogP contribution in [0.25, 0.3) is 0 Å². The molecular weight excluding hydrogens is 344 g/mol. The van der Waals surface area contributed by atoms with Gasteiger partial charge in [-0.05, 0) is 20.8 Å². The standard InChI is InChI=1S/C18H28N8O/c1-6-19-18(20-10-16-13(2)22-24(5)14(16)3)25-7-8-26(17(27)12-25)15-9-21-23(4)11-15/h9,11H,6-8,10,12H2,1-5H3,(H,19,20). The van der Waals surface area contributed by atoms with Crippen molar-refractivity contribution >= 4 is 17.6 Å². The first-order chi connectivity index (χ1) is 12.9. The molecule has 9 nitrogen and oxygen atoms in total. The summed E-state index contributed by atoms with van der Waals surface area (Å²) in [6, 6.07) is 0. The Kier molecular flexibility index (Phi) is 5.48. The van der Waals surface area contributed by atoms with E-state index in [-0.39, 0.29) is 5.91 Å². The number of hydrogen-bond acceptors (Lipinski definition) is 4. The Bertz CT molecular complexity index is 850. The Morgan fingerprint density at radius 3 is 2.63 bits per heavy atom. The predicted octanol–water partition coefficient (Wildman–Crippen LogP) is 0.585. The van der Waals surface area contributed by atoms with Crippen molar-refractivity contribution in [3.8, 4) is 0 Å². The lowest BCUT2D eigenvalue weighted by Crippen LogP contribution is -2.55. The summed E-state index contributed by atoms with van der Waals surface area (Å²) >= 11 is 0. The molecule has 0 aromatic carbocycles. The van der Waals surface area contributed by atoms with E-state index in [2.05, 4.69) is 15.5 Å². The molecule has 0 saturated carbocycles. The predicted molar refractivity (Wildman–Crippen MR) is 105 cm³/mol. The summed E-state index contributed by atoms with van der Waals surface area (Å²) in [5, 5.41) is 11.9. The smallest absolute Gasteiger partial charge is 0.246 e. The second-order valence-corrected chi connectivity index (χ2v) is 6.78. The van der Waals surface area contributed by atoms with E-state index in [1.165, 1.54) is 0 Å². The number of rotatable bonds is 4. The summed E-state index contributed by atoms with van der Waals surface area (Å²) < 4.78 is 3.59. The number of piperazine rings is 1. The van der Waals surface area contributed by atoms with Crippen LogP contribution in [0.4, 0.5) is 5.69 Å². The van der Waals surface area contributed by atoms with Crippen LogP contribution >= 0.6 is 0 Å². The monoisotopic (exact) mass is 372 g/mol. The van der Waals surface area contributed by atoms with Crippen LogP contribution in [0.5, 0.6) is 0 Å². The minimum absolute atomic E-state index is 0.0496. The summed E-state index contributed by atoms with van der Waals surface area (Å²) in [5.74, 6) is 0.813. The van der Waals surface area contributed by atoms with Gasteiger partial charge in [0.15, 0.2) is 5.96 Å². The van der Waals surface area contributed by atoms with E-state index in [0.29, 0.717) is 19.6 Å². The molecule has 1 saturated heterocycles. The number of carbonyl (C=O) groups is 1. The molecule has 1 aliphatic heterocycles. The number of aliphatic imine (C=N–C) groups is 1. The third kappa shape index (κ3) is 3.96. The fourth-order valence-electron chi connectivity index (χ4n) is 3.30. The Hall–Kier alpha value is -2.84. The molecule has 3 heterocycles. The number of carbonyl (C=O) groups excluding carboxylic acids is 1. The molecule has 0 atom stereocenters. The highest BCUT2D eigenvalue weighted by Gasteiger charge is 2.27. The first-order valence-corrected chi connectivity index (χ1v) is 9.22. The number of aryl methyl sites for hydroxylation is 3. The number of guanidine groups is 1. The number of hydrogen-bond donors (Lipinski definition) is 1. The molecule has 1 N–H and O–H groups in total. The van der Waals surface area contributed by atoms with Crippen LogP contribution in [0.1, 0.15) is 23.9 Å². The van der Waals surface area contributed by atoms with Crippen molar-refractivity contribution in [2.45, 2.75) is 27.3 Å². The molecule has 0 aliphatic carbocycles. The third-order valence-electron chi connectivity index (χ3n) is 4.90. The molecule has 146 valence electrons. The van der Waals surface area contributed by atoms with E-state index in [4.69, 9.17) is 4.99 Å². The molecule has 1 aliphatic rings. The van der Waals surface area contributed by atoms with Crippen molar-refractivity contribution in [2.75, 3.05) is 31.1 Å². The minimum Gasteiger partial charge on any atom is -0.356 e. The van der Waals surface area contributed by atoms with Gasteiger partial charge < -0.3 is 15.1 Å². The highest BCUT2D eigenvalue weighted by Crippen LogP contribution is 2.17. The summed E-state index contributed by atoms with van der Waals surface area (Å²) in [6.07, 6.45) is 3.58. The van der Waals surface area contributed by atoms with Gasteiger partial charge in [-0.15, -0.1) is 0 Å². The number of amides is 1. The van der Waals surface area contributed by atoms with E-state index in [1.807, 2.05) is 50.6 Å². The van der Waals surface area contributed by atoms with Crippen LogP contribution in [0.3, 0.4) is 0 Å². The number of nitrogens with one attached hydrogen (secondary N) is 1. The van der Waals surface area contributed by atoms with Gasteiger partial charge in [-0.2, -0.15) is 10.2 Å². The minimum atomic E-state index is 0.0496. The van der Waals surface area contributed by atoms with Crippen LogP contribution in [0, 0.1) is 13.8 Å². The van der Waals surface area contributed by atoms with Gasteiger partial charge in [0.05, 0.1) is 24.1 Å². The van der Waals surface area contributed by atoms with Crippen LogP contribution in [-0.2, 0) is 25.4 Å². The van der Waals surface area contributed by atoms with Gasteiger partial charge in [-0.3, -0.25) is 14.2 Å². The van der Waals surface area contributed by atoms with Crippen LogP contribution in [-0.4, -0.2) is 62.5 Å². The van der Waals surface area contributed by atoms with E-state index < -0.39 is 0 Å². The molecule has 1 fully saturated rings. The average Bonchev–Trinajstić information content (AvgIpc) is 3.15. The van der Waals surface area contributed by atoms with Crippen LogP contribution < -0.4 is 10.2 Å². The summed E-state index contributed by atoms with van der Waals surface area (Å²) in [4.78, 5) is 21.2. The largest absolute Gasteiger partial charge is 0.356 e. The second kappa shape index (κ2) is 7.81. The number of aromatic nitrogens is 4. The van der Waals surface area contributed by atoms with Crippen molar-refractivity contribution < 1.29 is 4.79 Å². The van der Waals surface area contributed by atoms with Crippen LogP contribution in [0.2, 0.25) is 0 Å². The molecule has 9 heteroatoms. The first kappa shape index (κ1) is 18.9. The molecule has 0 bridgehead atoms. The van der Waals surface area contributed by atoms with Crippen molar-refractivity contribution in [3.05, 3.63) is 29.3 Å². The van der Waals surface area contributed by atoms with Gasteiger partial charge in [0, 0.05) is 51.2 Å². The van der Waals surface area contributed by atoms with Crippen molar-refractivity contribution in [1.82, 2.24) is 29.8 Å². The lowest BCUT2D eigenvalue weighted by Gasteiger charge is -2.35. The summed E-state index contributed by atoms with van der Waals surface area (Å²) in [5.41, 5.74) is 4.08. The quantitative estimate of drug-likeness (QED) is 0.627. The SMILES string of the molecule is CCNC(=NCc1c(C)nn(C)c1C)N1CCN(c2cnn(C)c2)C(=O)C1. The highest BCUT2D eigenvalue weighted by molar-refractivity contribution is 5.98. The number of anilines is 1. The number of nitrogens with zero attached hydrogens (tertiary/aromatic N) is 7. The van der Waals surface area contributed by atoms with E-state index >= 15 is 0 Å². The lowest BCUT2D eigenvalue weighted by molar-refractivity contribution is -0.120. The second-order valence-electron chi connectivity index (χ2n) is 6.78. The molecule has 0 spiro atoms. The third-order valence-corrected chi connectivity index (χ3v) is 4.90. The molecule has 1 amide bonds. The zero-order chi connectivity index (χ0) is 19.6. The first-order valence-electron chi connectivity index (χ1n) is 9.22. The summed E-state index contributed by atoms with van der Waals surface area (Å²) in [7, 11) is 3.79. The van der Waals surface area contributed by atoms with Crippen molar-refractivity contribution in [2.24, 2.45) is 19.1 Å². The Balaban J connectivity index is 1.73. The fourth-order valence-corrected chi connectivity index (χ4v) is 3.30.